The summed E-state index contributed by atoms with van der Waals surface area (Å²) in [6.07, 6.45) is -1.40. The van der Waals surface area contributed by atoms with Gasteiger partial charge in [0.05, 0.1) is 0 Å². The van der Waals surface area contributed by atoms with Gasteiger partial charge >= 0.3 is 12.1 Å². The maximum Gasteiger partial charge on any atom is 0.471 e. The Morgan fingerprint density at radius 1 is 1.31 bits per heavy atom. The Hall–Kier alpha value is -1.82. The molecule has 3 rings (SSSR count). The molecule has 2 atom stereocenters. The second kappa shape index (κ2) is 7.06. The average Bonchev–Trinajstić information content (AvgIpc) is 3.35. The molecule has 0 spiro atoms. The van der Waals surface area contributed by atoms with Crippen molar-refractivity contribution in [1.82, 2.24) is 10.2 Å². The van der Waals surface area contributed by atoms with Gasteiger partial charge in [0.15, 0.2) is 0 Å². The molecule has 2 fully saturated rings. The summed E-state index contributed by atoms with van der Waals surface area (Å²) in [7, 11) is 0. The summed E-state index contributed by atoms with van der Waals surface area (Å²) >= 11 is 0. The standard InChI is InChI=1S/C20H25F3N2O/c1-3-15(9-14-7-5-4-6-8-14)16-10-17(16)25(18(26)20(21,22)23)13-19(2)11-24-12-19/h4-9,16-17,24H,3,10-13H2,1-2H3/b15-9+/t16-,17+/m0/s1. The van der Waals surface area contributed by atoms with Crippen LogP contribution in [0.2, 0.25) is 0 Å². The van der Waals surface area contributed by atoms with Crippen molar-refractivity contribution in [3.63, 3.8) is 0 Å². The van der Waals surface area contributed by atoms with E-state index in [1.165, 1.54) is 0 Å². The lowest BCUT2D eigenvalue weighted by Gasteiger charge is -2.43. The van der Waals surface area contributed by atoms with Crippen LogP contribution in [0.1, 0.15) is 32.3 Å². The predicted octanol–water partition coefficient (Wildman–Crippen LogP) is 3.87. The summed E-state index contributed by atoms with van der Waals surface area (Å²) in [5.41, 5.74) is 1.88. The molecule has 1 aromatic carbocycles. The SMILES string of the molecule is CC/C(=C\c1ccccc1)[C@@H]1C[C@H]1N(CC1(C)CNC1)C(=O)C(F)(F)F. The van der Waals surface area contributed by atoms with Gasteiger partial charge < -0.3 is 10.2 Å². The minimum absolute atomic E-state index is 0.0168. The van der Waals surface area contributed by atoms with Gasteiger partial charge in [0.1, 0.15) is 0 Å². The lowest BCUT2D eigenvalue weighted by atomic mass is 9.83. The molecule has 0 bridgehead atoms. The van der Waals surface area contributed by atoms with E-state index in [4.69, 9.17) is 0 Å². The third kappa shape index (κ3) is 4.11. The molecule has 0 radical (unpaired) electrons. The fourth-order valence-electron chi connectivity index (χ4n) is 3.74. The monoisotopic (exact) mass is 366 g/mol. The van der Waals surface area contributed by atoms with E-state index in [1.807, 2.05) is 50.3 Å². The van der Waals surface area contributed by atoms with Crippen LogP contribution in [0.5, 0.6) is 0 Å². The molecule has 1 aromatic rings. The number of amides is 1. The maximum atomic E-state index is 13.1. The van der Waals surface area contributed by atoms with E-state index < -0.39 is 12.1 Å². The quantitative estimate of drug-likeness (QED) is 0.829. The lowest BCUT2D eigenvalue weighted by Crippen LogP contribution is -2.59. The van der Waals surface area contributed by atoms with Gasteiger partial charge in [-0.25, -0.2) is 0 Å². The van der Waals surface area contributed by atoms with Gasteiger partial charge in [-0.3, -0.25) is 4.79 Å². The summed E-state index contributed by atoms with van der Waals surface area (Å²) in [4.78, 5) is 13.1. The van der Waals surface area contributed by atoms with Gasteiger partial charge in [0.25, 0.3) is 0 Å². The lowest BCUT2D eigenvalue weighted by molar-refractivity contribution is -0.188. The van der Waals surface area contributed by atoms with E-state index in [2.05, 4.69) is 5.32 Å². The molecule has 1 aliphatic carbocycles. The van der Waals surface area contributed by atoms with Crippen molar-refractivity contribution in [1.29, 1.82) is 0 Å². The van der Waals surface area contributed by atoms with Crippen molar-refractivity contribution in [3.05, 3.63) is 41.5 Å². The van der Waals surface area contributed by atoms with Crippen LogP contribution < -0.4 is 5.32 Å². The van der Waals surface area contributed by atoms with E-state index in [-0.39, 0.29) is 23.9 Å². The van der Waals surface area contributed by atoms with Gasteiger partial charge in [0.2, 0.25) is 0 Å². The van der Waals surface area contributed by atoms with Crippen LogP contribution in [-0.2, 0) is 4.79 Å². The first-order valence-electron chi connectivity index (χ1n) is 9.07. The van der Waals surface area contributed by atoms with E-state index in [0.29, 0.717) is 19.5 Å². The molecule has 1 saturated carbocycles. The molecule has 26 heavy (non-hydrogen) atoms. The Balaban J connectivity index is 1.78. The maximum absolute atomic E-state index is 13.1. The first-order valence-corrected chi connectivity index (χ1v) is 9.07. The zero-order valence-corrected chi connectivity index (χ0v) is 15.1. The summed E-state index contributed by atoms with van der Waals surface area (Å²) in [5, 5.41) is 3.09. The molecular weight excluding hydrogens is 341 g/mol. The van der Waals surface area contributed by atoms with Crippen molar-refractivity contribution in [3.8, 4) is 0 Å². The Labute approximate surface area is 152 Å². The largest absolute Gasteiger partial charge is 0.471 e. The van der Waals surface area contributed by atoms with Gasteiger partial charge in [0, 0.05) is 37.0 Å². The molecule has 142 valence electrons. The zero-order valence-electron chi connectivity index (χ0n) is 15.1. The Bertz CT molecular complexity index is 680. The molecule has 1 aliphatic heterocycles. The van der Waals surface area contributed by atoms with Crippen molar-refractivity contribution >= 4 is 12.0 Å². The highest BCUT2D eigenvalue weighted by atomic mass is 19.4. The highest BCUT2D eigenvalue weighted by Gasteiger charge is 2.54. The summed E-state index contributed by atoms with van der Waals surface area (Å²) in [6.45, 7) is 5.39. The first kappa shape index (κ1) is 19.0. The number of nitrogens with one attached hydrogen (secondary N) is 1. The van der Waals surface area contributed by atoms with Crippen molar-refractivity contribution in [2.45, 2.75) is 38.9 Å². The second-order valence-electron chi connectivity index (χ2n) is 7.74. The van der Waals surface area contributed by atoms with Gasteiger partial charge in [-0.2, -0.15) is 13.2 Å². The summed E-state index contributed by atoms with van der Waals surface area (Å²) in [6, 6.07) is 9.41. The van der Waals surface area contributed by atoms with Crippen LogP contribution >= 0.6 is 0 Å². The normalized spacial score (nSPS) is 24.7. The zero-order chi connectivity index (χ0) is 18.9. The Morgan fingerprint density at radius 3 is 2.46 bits per heavy atom. The predicted molar refractivity (Wildman–Crippen MR) is 95.3 cm³/mol. The molecule has 1 N–H and O–H groups in total. The number of hydrogen-bond acceptors (Lipinski definition) is 2. The molecule has 0 unspecified atom stereocenters. The number of rotatable bonds is 6. The number of halogens is 3. The van der Waals surface area contributed by atoms with Crippen LogP contribution in [0.3, 0.4) is 0 Å². The highest BCUT2D eigenvalue weighted by Crippen LogP contribution is 2.45. The number of carbonyl (C=O) groups excluding carboxylic acids is 1. The highest BCUT2D eigenvalue weighted by molar-refractivity contribution is 5.82. The van der Waals surface area contributed by atoms with Gasteiger partial charge in [-0.15, -0.1) is 0 Å². The molecular formula is C20H25F3N2O. The fraction of sp³-hybridized carbons (Fsp3) is 0.550. The molecule has 0 aromatic heterocycles. The number of nitrogens with zero attached hydrogens (tertiary/aromatic N) is 1. The molecule has 3 nitrogen and oxygen atoms in total. The number of hydrogen-bond donors (Lipinski definition) is 1. The van der Waals surface area contributed by atoms with Gasteiger partial charge in [-0.1, -0.05) is 55.8 Å². The second-order valence-corrected chi connectivity index (χ2v) is 7.74. The fourth-order valence-corrected chi connectivity index (χ4v) is 3.74. The average molecular weight is 366 g/mol. The third-order valence-corrected chi connectivity index (χ3v) is 5.35. The topological polar surface area (TPSA) is 32.3 Å². The summed E-state index contributed by atoms with van der Waals surface area (Å²) < 4.78 is 39.4. The van der Waals surface area contributed by atoms with Crippen LogP contribution in [0.25, 0.3) is 6.08 Å². The third-order valence-electron chi connectivity index (χ3n) is 5.35. The van der Waals surface area contributed by atoms with E-state index >= 15 is 0 Å². The van der Waals surface area contributed by atoms with Crippen LogP contribution in [0, 0.1) is 11.3 Å². The smallest absolute Gasteiger partial charge is 0.331 e. The summed E-state index contributed by atoms with van der Waals surface area (Å²) in [5.74, 6) is -1.68. The van der Waals surface area contributed by atoms with Crippen molar-refractivity contribution in [2.24, 2.45) is 11.3 Å². The molecule has 1 heterocycles. The van der Waals surface area contributed by atoms with Crippen LogP contribution in [0.15, 0.2) is 35.9 Å². The number of alkyl halides is 3. The van der Waals surface area contributed by atoms with E-state index in [0.717, 1.165) is 22.5 Å². The van der Waals surface area contributed by atoms with Crippen molar-refractivity contribution in [2.75, 3.05) is 19.6 Å². The minimum atomic E-state index is -4.82. The molecule has 1 amide bonds. The Kier molecular flexibility index (Phi) is 5.15. The minimum Gasteiger partial charge on any atom is -0.331 e. The first-order chi connectivity index (χ1) is 12.2. The van der Waals surface area contributed by atoms with E-state index in [9.17, 15) is 18.0 Å². The number of benzene rings is 1. The van der Waals surface area contributed by atoms with Crippen LogP contribution in [0.4, 0.5) is 13.2 Å². The molecule has 6 heteroatoms. The number of carbonyl (C=O) groups is 1. The van der Waals surface area contributed by atoms with Crippen molar-refractivity contribution < 1.29 is 18.0 Å². The molecule has 1 saturated heterocycles. The Morgan fingerprint density at radius 2 is 1.96 bits per heavy atom. The van der Waals surface area contributed by atoms with Gasteiger partial charge in [-0.05, 0) is 18.4 Å². The molecule has 2 aliphatic rings. The van der Waals surface area contributed by atoms with Crippen LogP contribution in [-0.4, -0.2) is 42.7 Å². The van der Waals surface area contributed by atoms with E-state index in [1.54, 1.807) is 0 Å².